The number of nitrogen functional groups attached to an aromatic ring is 1. The average molecular weight is 589 g/mol. The summed E-state index contributed by atoms with van der Waals surface area (Å²) in [4.78, 5) is 33.2. The maximum absolute atomic E-state index is 10.9. The minimum absolute atomic E-state index is 0.119. The molecule has 2 heterocycles. The maximum Gasteiger partial charge on any atom is 0.490 e. The first kappa shape index (κ1) is 31.9. The minimum atomic E-state index is -5.08. The number of pyridine rings is 1. The van der Waals surface area contributed by atoms with Crippen LogP contribution < -0.4 is 10.5 Å². The van der Waals surface area contributed by atoms with Crippen LogP contribution in [0.25, 0.3) is 22.4 Å². The zero-order chi connectivity index (χ0) is 31.1. The summed E-state index contributed by atoms with van der Waals surface area (Å²) in [5.74, 6) is -6.10. The number of anilines is 1. The van der Waals surface area contributed by atoms with Gasteiger partial charge in [-0.15, -0.1) is 0 Å². The smallest absolute Gasteiger partial charge is 0.481 e. The van der Waals surface area contributed by atoms with E-state index in [1.54, 1.807) is 30.5 Å². The summed E-state index contributed by atoms with van der Waals surface area (Å²) in [6.45, 7) is -0.479. The minimum Gasteiger partial charge on any atom is -0.481 e. The number of aryl methyl sites for hydroxylation is 1. The number of nitrogens with one attached hydrogen (secondary N) is 1. The number of nitrogens with two attached hydrogens (primary N) is 1. The SMILES string of the molecule is N#Cc1c(N)nc2c(c1-c1ccccc1OCC(=O)O)CCc1[nH]ncc1-2.O=C(O)C(F)(F)F.O=C(O)C(F)(F)F. The van der Waals surface area contributed by atoms with E-state index in [2.05, 4.69) is 21.3 Å². The Labute approximate surface area is 224 Å². The summed E-state index contributed by atoms with van der Waals surface area (Å²) in [5.41, 5.74) is 11.0. The molecule has 0 unspecified atom stereocenters. The van der Waals surface area contributed by atoms with E-state index >= 15 is 0 Å². The molecule has 0 radical (unpaired) electrons. The van der Waals surface area contributed by atoms with Gasteiger partial charge in [0.15, 0.2) is 6.61 Å². The summed E-state index contributed by atoms with van der Waals surface area (Å²) in [6, 6.07) is 9.16. The predicted octanol–water partition coefficient (Wildman–Crippen LogP) is 3.42. The van der Waals surface area contributed by atoms with Gasteiger partial charge in [0, 0.05) is 22.4 Å². The van der Waals surface area contributed by atoms with Crippen molar-refractivity contribution in [2.24, 2.45) is 0 Å². The monoisotopic (exact) mass is 589 g/mol. The number of carboxylic acids is 3. The van der Waals surface area contributed by atoms with Crippen molar-refractivity contribution < 1.29 is 60.8 Å². The summed E-state index contributed by atoms with van der Waals surface area (Å²) in [7, 11) is 0. The number of hydrogen-bond acceptors (Lipinski definition) is 8. The average Bonchev–Trinajstić information content (AvgIpc) is 3.36. The number of nitrogens with zero attached hydrogens (tertiary/aromatic N) is 3. The van der Waals surface area contributed by atoms with Gasteiger partial charge in [0.1, 0.15) is 23.2 Å². The van der Waals surface area contributed by atoms with Gasteiger partial charge >= 0.3 is 30.3 Å². The summed E-state index contributed by atoms with van der Waals surface area (Å²) < 4.78 is 68.9. The lowest BCUT2D eigenvalue weighted by molar-refractivity contribution is -0.193. The van der Waals surface area contributed by atoms with Gasteiger partial charge < -0.3 is 25.8 Å². The Morgan fingerprint density at radius 3 is 2.07 bits per heavy atom. The number of alkyl halides is 6. The standard InChI is InChI=1S/C19H15N5O3.2C2HF3O2/c20-7-12-17(10-3-1-2-4-15(10)27-9-16(25)26)11-5-6-14-13(8-22-24-14)18(11)23-19(12)21;2*3-2(4,5)1(6)7/h1-4,8H,5-6,9H2,(H2,21,23)(H,22,24)(H,25,26);2*(H,6,7). The van der Waals surface area contributed by atoms with Crippen molar-refractivity contribution in [3.63, 3.8) is 0 Å². The summed E-state index contributed by atoms with van der Waals surface area (Å²) >= 11 is 0. The van der Waals surface area contributed by atoms with Crippen molar-refractivity contribution in [2.75, 3.05) is 12.3 Å². The van der Waals surface area contributed by atoms with Crippen molar-refractivity contribution >= 4 is 23.7 Å². The Bertz CT molecular complexity index is 1470. The first-order valence-corrected chi connectivity index (χ1v) is 10.8. The maximum atomic E-state index is 10.9. The third-order valence-corrected chi connectivity index (χ3v) is 5.03. The Morgan fingerprint density at radius 2 is 1.56 bits per heavy atom. The predicted molar refractivity (Wildman–Crippen MR) is 124 cm³/mol. The number of H-pyrrole nitrogens is 1. The molecule has 4 rings (SSSR count). The fraction of sp³-hybridized carbons (Fsp3) is 0.217. The van der Waals surface area contributed by atoms with Crippen molar-refractivity contribution in [3.05, 3.63) is 47.3 Å². The second-order valence-corrected chi connectivity index (χ2v) is 7.73. The van der Waals surface area contributed by atoms with Crippen molar-refractivity contribution in [1.82, 2.24) is 15.2 Å². The number of rotatable bonds is 4. The quantitative estimate of drug-likeness (QED) is 0.278. The lowest BCUT2D eigenvalue weighted by Gasteiger charge is -2.22. The molecule has 0 saturated carbocycles. The van der Waals surface area contributed by atoms with Gasteiger partial charge in [0.05, 0.1) is 11.9 Å². The summed E-state index contributed by atoms with van der Waals surface area (Å²) in [6.07, 6.45) is -7.10. The van der Waals surface area contributed by atoms with Crippen LogP contribution in [0.15, 0.2) is 30.5 Å². The number of benzene rings is 1. The van der Waals surface area contributed by atoms with Crippen LogP contribution in [-0.4, -0.2) is 67.4 Å². The fourth-order valence-corrected chi connectivity index (χ4v) is 3.41. The highest BCUT2D eigenvalue weighted by Crippen LogP contribution is 2.43. The van der Waals surface area contributed by atoms with Gasteiger partial charge in [-0.2, -0.15) is 36.7 Å². The van der Waals surface area contributed by atoms with E-state index in [0.29, 0.717) is 29.0 Å². The third-order valence-electron chi connectivity index (χ3n) is 5.03. The first-order chi connectivity index (χ1) is 19.0. The molecule has 1 aromatic carbocycles. The molecule has 0 spiro atoms. The van der Waals surface area contributed by atoms with Crippen LogP contribution in [0.1, 0.15) is 16.8 Å². The number of ether oxygens (including phenoxy) is 1. The highest BCUT2D eigenvalue weighted by molar-refractivity contribution is 5.88. The molecule has 218 valence electrons. The zero-order valence-electron chi connectivity index (χ0n) is 20.2. The first-order valence-electron chi connectivity index (χ1n) is 10.8. The van der Waals surface area contributed by atoms with Crippen LogP contribution in [0.5, 0.6) is 5.75 Å². The lowest BCUT2D eigenvalue weighted by Crippen LogP contribution is -2.21. The number of aromatic amines is 1. The van der Waals surface area contributed by atoms with Crippen LogP contribution in [0.2, 0.25) is 0 Å². The van der Waals surface area contributed by atoms with Gasteiger partial charge in [0.2, 0.25) is 0 Å². The Kier molecular flexibility index (Phi) is 9.85. The third kappa shape index (κ3) is 8.08. The van der Waals surface area contributed by atoms with Crippen molar-refractivity contribution in [2.45, 2.75) is 25.2 Å². The van der Waals surface area contributed by atoms with Crippen molar-refractivity contribution in [3.8, 4) is 34.2 Å². The van der Waals surface area contributed by atoms with E-state index in [4.69, 9.17) is 35.4 Å². The van der Waals surface area contributed by atoms with Crippen molar-refractivity contribution in [1.29, 1.82) is 5.26 Å². The second-order valence-electron chi connectivity index (χ2n) is 7.73. The fourth-order valence-electron chi connectivity index (χ4n) is 3.41. The Balaban J connectivity index is 0.000000349. The molecular formula is C23H17F6N5O7. The Hall–Kier alpha value is -5.34. The zero-order valence-corrected chi connectivity index (χ0v) is 20.2. The molecule has 1 aliphatic rings. The molecule has 12 nitrogen and oxygen atoms in total. The number of carboxylic acid groups (broad SMARTS) is 3. The highest BCUT2D eigenvalue weighted by atomic mass is 19.4. The van der Waals surface area contributed by atoms with Gasteiger partial charge in [0.25, 0.3) is 0 Å². The molecule has 18 heteroatoms. The van der Waals surface area contributed by atoms with Gasteiger partial charge in [-0.25, -0.2) is 19.4 Å². The molecule has 0 amide bonds. The number of halogens is 6. The number of carbonyl (C=O) groups is 3. The molecule has 0 aliphatic heterocycles. The Morgan fingerprint density at radius 1 is 1.00 bits per heavy atom. The molecule has 2 aromatic heterocycles. The highest BCUT2D eigenvalue weighted by Gasteiger charge is 2.39. The van der Waals surface area contributed by atoms with Crippen LogP contribution in [0.3, 0.4) is 0 Å². The molecule has 0 bridgehead atoms. The number of nitriles is 1. The molecule has 6 N–H and O–H groups in total. The largest absolute Gasteiger partial charge is 0.490 e. The van der Waals surface area contributed by atoms with Crippen LogP contribution in [-0.2, 0) is 27.2 Å². The van der Waals surface area contributed by atoms with E-state index in [9.17, 15) is 36.4 Å². The van der Waals surface area contributed by atoms with Crippen LogP contribution in [0, 0.1) is 11.3 Å². The van der Waals surface area contributed by atoms with Crippen LogP contribution in [0.4, 0.5) is 32.2 Å². The summed E-state index contributed by atoms with van der Waals surface area (Å²) in [5, 5.41) is 39.9. The number of fused-ring (bicyclic) bond motifs is 3. The van der Waals surface area contributed by atoms with Gasteiger partial charge in [-0.1, -0.05) is 18.2 Å². The van der Waals surface area contributed by atoms with E-state index in [1.807, 2.05) is 0 Å². The van der Waals surface area contributed by atoms with Gasteiger partial charge in [-0.05, 0) is 24.5 Å². The molecule has 0 atom stereocenters. The molecule has 0 saturated heterocycles. The number of aliphatic carboxylic acids is 3. The molecule has 41 heavy (non-hydrogen) atoms. The number of aromatic nitrogens is 3. The van der Waals surface area contributed by atoms with Crippen LogP contribution >= 0.6 is 0 Å². The van der Waals surface area contributed by atoms with E-state index in [-0.39, 0.29) is 11.4 Å². The number of para-hydroxylation sites is 1. The number of hydrogen-bond donors (Lipinski definition) is 5. The van der Waals surface area contributed by atoms with Gasteiger partial charge in [-0.3, -0.25) is 5.10 Å². The second kappa shape index (κ2) is 12.7. The van der Waals surface area contributed by atoms with E-state index in [0.717, 1.165) is 23.2 Å². The molecule has 0 fully saturated rings. The molecule has 1 aliphatic carbocycles. The topological polar surface area (TPSA) is 213 Å². The molecular weight excluding hydrogens is 572 g/mol. The normalized spacial score (nSPS) is 11.7. The molecule has 3 aromatic rings. The van der Waals surface area contributed by atoms with E-state index < -0.39 is 36.9 Å². The lowest BCUT2D eigenvalue weighted by atomic mass is 9.85. The van der Waals surface area contributed by atoms with E-state index in [1.165, 1.54) is 0 Å².